The Morgan fingerprint density at radius 1 is 1.21 bits per heavy atom. The molecule has 5 heteroatoms. The summed E-state index contributed by atoms with van der Waals surface area (Å²) in [6.07, 6.45) is 3.33. The maximum Gasteiger partial charge on any atom is 0.244 e. The number of nitriles is 1. The predicted octanol–water partition coefficient (Wildman–Crippen LogP) is 4.38. The summed E-state index contributed by atoms with van der Waals surface area (Å²) < 4.78 is 1.01. The number of hydrogen-bond acceptors (Lipinski definition) is 3. The number of benzene rings is 2. The van der Waals surface area contributed by atoms with Gasteiger partial charge in [0.1, 0.15) is 0 Å². The summed E-state index contributed by atoms with van der Waals surface area (Å²) >= 11 is 5.08. The molecule has 0 spiro atoms. The highest BCUT2D eigenvalue weighted by atomic mass is 79.9. The maximum absolute atomic E-state index is 11.8. The topological polar surface area (TPSA) is 52.9 Å². The first-order valence-corrected chi connectivity index (χ1v) is 9.41. The fraction of sp³-hybridized carbons (Fsp3) is 0.158. The van der Waals surface area contributed by atoms with Crippen LogP contribution in [-0.2, 0) is 10.5 Å². The molecule has 2 aromatic carbocycles. The summed E-state index contributed by atoms with van der Waals surface area (Å²) in [4.78, 5) is 11.8. The Morgan fingerprint density at radius 3 is 2.71 bits per heavy atom. The molecular formula is C19H17BrN2OS. The molecule has 0 radical (unpaired) electrons. The third-order valence-electron chi connectivity index (χ3n) is 3.24. The van der Waals surface area contributed by atoms with Crippen LogP contribution in [0.4, 0.5) is 0 Å². The summed E-state index contributed by atoms with van der Waals surface area (Å²) in [5, 5.41) is 11.9. The minimum absolute atomic E-state index is 0.101. The Hall–Kier alpha value is -2.03. The van der Waals surface area contributed by atoms with Gasteiger partial charge in [-0.1, -0.05) is 46.3 Å². The second-order valence-corrected chi connectivity index (χ2v) is 7.02. The number of halogens is 1. The molecular weight excluding hydrogens is 384 g/mol. The van der Waals surface area contributed by atoms with Gasteiger partial charge in [0.2, 0.25) is 5.91 Å². The van der Waals surface area contributed by atoms with E-state index in [0.717, 1.165) is 27.1 Å². The first-order chi connectivity index (χ1) is 11.7. The first-order valence-electron chi connectivity index (χ1n) is 7.46. The van der Waals surface area contributed by atoms with Crippen molar-refractivity contribution in [3.05, 3.63) is 75.8 Å². The highest BCUT2D eigenvalue weighted by molar-refractivity contribution is 9.10. The Balaban J connectivity index is 1.68. The number of hydrogen-bond donors (Lipinski definition) is 1. The van der Waals surface area contributed by atoms with Crippen LogP contribution in [0.2, 0.25) is 0 Å². The van der Waals surface area contributed by atoms with Gasteiger partial charge in [-0.25, -0.2) is 0 Å². The fourth-order valence-corrected chi connectivity index (χ4v) is 3.12. The van der Waals surface area contributed by atoms with Crippen molar-refractivity contribution in [2.24, 2.45) is 0 Å². The van der Waals surface area contributed by atoms with Crippen molar-refractivity contribution in [2.45, 2.75) is 5.75 Å². The molecule has 0 aliphatic heterocycles. The van der Waals surface area contributed by atoms with E-state index < -0.39 is 0 Å². The van der Waals surface area contributed by atoms with Crippen LogP contribution in [0.5, 0.6) is 0 Å². The first kappa shape index (κ1) is 18.3. The van der Waals surface area contributed by atoms with Gasteiger partial charge >= 0.3 is 0 Å². The quantitative estimate of drug-likeness (QED) is 0.553. The Bertz CT molecular complexity index is 751. The molecule has 1 amide bonds. The van der Waals surface area contributed by atoms with Gasteiger partial charge in [0.15, 0.2) is 0 Å². The van der Waals surface area contributed by atoms with Crippen LogP contribution in [0.1, 0.15) is 16.7 Å². The number of amides is 1. The normalized spacial score (nSPS) is 10.5. The summed E-state index contributed by atoms with van der Waals surface area (Å²) in [5.41, 5.74) is 2.73. The molecule has 0 aromatic heterocycles. The van der Waals surface area contributed by atoms with Crippen LogP contribution in [0.25, 0.3) is 6.08 Å². The van der Waals surface area contributed by atoms with Gasteiger partial charge in [-0.2, -0.15) is 17.0 Å². The average molecular weight is 401 g/mol. The zero-order chi connectivity index (χ0) is 17.2. The Morgan fingerprint density at radius 2 is 1.96 bits per heavy atom. The molecule has 0 saturated heterocycles. The average Bonchev–Trinajstić information content (AvgIpc) is 2.61. The molecule has 24 heavy (non-hydrogen) atoms. The van der Waals surface area contributed by atoms with Crippen molar-refractivity contribution < 1.29 is 4.79 Å². The van der Waals surface area contributed by atoms with Gasteiger partial charge in [0.05, 0.1) is 11.6 Å². The van der Waals surface area contributed by atoms with Crippen LogP contribution in [0.15, 0.2) is 59.1 Å². The van der Waals surface area contributed by atoms with Crippen LogP contribution in [0.3, 0.4) is 0 Å². The number of carbonyl (C=O) groups excluding carboxylic acids is 1. The summed E-state index contributed by atoms with van der Waals surface area (Å²) in [5.74, 6) is 1.47. The molecule has 0 heterocycles. The van der Waals surface area contributed by atoms with Crippen molar-refractivity contribution in [1.82, 2.24) is 5.32 Å². The SMILES string of the molecule is N#Cc1ccccc1CSCCNC(=O)C=Cc1ccc(Br)cc1. The van der Waals surface area contributed by atoms with E-state index in [9.17, 15) is 4.79 Å². The van der Waals surface area contributed by atoms with Crippen molar-refractivity contribution in [3.63, 3.8) is 0 Å². The molecule has 122 valence electrons. The third-order valence-corrected chi connectivity index (χ3v) is 4.77. The molecule has 0 aliphatic rings. The second-order valence-electron chi connectivity index (χ2n) is 5.00. The van der Waals surface area contributed by atoms with Gasteiger partial charge in [-0.3, -0.25) is 4.79 Å². The lowest BCUT2D eigenvalue weighted by molar-refractivity contribution is -0.116. The minimum atomic E-state index is -0.101. The molecule has 0 saturated carbocycles. The van der Waals surface area contributed by atoms with E-state index in [2.05, 4.69) is 27.3 Å². The third kappa shape index (κ3) is 6.23. The maximum atomic E-state index is 11.8. The largest absolute Gasteiger partial charge is 0.352 e. The molecule has 0 unspecified atom stereocenters. The standard InChI is InChI=1S/C19H17BrN2OS/c20-18-8-5-15(6-9-18)7-10-19(23)22-11-12-24-14-17-4-2-1-3-16(17)13-21/h1-10H,11-12,14H2,(H,22,23). The number of carbonyl (C=O) groups is 1. The molecule has 0 aliphatic carbocycles. The van der Waals surface area contributed by atoms with Crippen molar-refractivity contribution in [1.29, 1.82) is 5.26 Å². The van der Waals surface area contributed by atoms with Crippen molar-refractivity contribution in [3.8, 4) is 6.07 Å². The molecule has 3 nitrogen and oxygen atoms in total. The highest BCUT2D eigenvalue weighted by Gasteiger charge is 2.01. The Kier molecular flexibility index (Phi) is 7.60. The monoisotopic (exact) mass is 400 g/mol. The Labute approximate surface area is 154 Å². The highest BCUT2D eigenvalue weighted by Crippen LogP contribution is 2.15. The van der Waals surface area contributed by atoms with Crippen molar-refractivity contribution in [2.75, 3.05) is 12.3 Å². The molecule has 2 aromatic rings. The van der Waals surface area contributed by atoms with E-state index >= 15 is 0 Å². The van der Waals surface area contributed by atoms with Crippen LogP contribution < -0.4 is 5.32 Å². The molecule has 2 rings (SSSR count). The van der Waals surface area contributed by atoms with E-state index in [1.807, 2.05) is 48.5 Å². The van der Waals surface area contributed by atoms with Crippen LogP contribution >= 0.6 is 27.7 Å². The van der Waals surface area contributed by atoms with Gasteiger partial charge in [-0.15, -0.1) is 0 Å². The van der Waals surface area contributed by atoms with Crippen molar-refractivity contribution >= 4 is 39.7 Å². The van der Waals surface area contributed by atoms with E-state index in [1.54, 1.807) is 23.9 Å². The lowest BCUT2D eigenvalue weighted by Crippen LogP contribution is -2.23. The summed E-state index contributed by atoms with van der Waals surface area (Å²) in [7, 11) is 0. The van der Waals surface area contributed by atoms with Crippen LogP contribution in [0, 0.1) is 11.3 Å². The van der Waals surface area contributed by atoms with E-state index in [-0.39, 0.29) is 5.91 Å². The second kappa shape index (κ2) is 9.96. The van der Waals surface area contributed by atoms with Gasteiger partial charge in [0, 0.05) is 28.6 Å². The lowest BCUT2D eigenvalue weighted by atomic mass is 10.1. The van der Waals surface area contributed by atoms with E-state index in [1.165, 1.54) is 0 Å². The van der Waals surface area contributed by atoms with Gasteiger partial charge < -0.3 is 5.32 Å². The van der Waals surface area contributed by atoms with E-state index in [4.69, 9.17) is 5.26 Å². The van der Waals surface area contributed by atoms with Gasteiger partial charge in [0.25, 0.3) is 0 Å². The number of nitrogens with zero attached hydrogens (tertiary/aromatic N) is 1. The minimum Gasteiger partial charge on any atom is -0.352 e. The summed E-state index contributed by atoms with van der Waals surface area (Å²) in [6, 6.07) is 17.5. The van der Waals surface area contributed by atoms with Gasteiger partial charge in [-0.05, 0) is 35.4 Å². The zero-order valence-electron chi connectivity index (χ0n) is 13.0. The smallest absolute Gasteiger partial charge is 0.244 e. The number of rotatable bonds is 7. The predicted molar refractivity (Wildman–Crippen MR) is 104 cm³/mol. The zero-order valence-corrected chi connectivity index (χ0v) is 15.4. The molecule has 0 atom stereocenters. The molecule has 1 N–H and O–H groups in total. The fourth-order valence-electron chi connectivity index (χ4n) is 1.99. The molecule has 0 fully saturated rings. The lowest BCUT2D eigenvalue weighted by Gasteiger charge is -2.04. The van der Waals surface area contributed by atoms with Crippen LogP contribution in [-0.4, -0.2) is 18.2 Å². The summed E-state index contributed by atoms with van der Waals surface area (Å²) in [6.45, 7) is 0.600. The number of nitrogens with one attached hydrogen (secondary N) is 1. The van der Waals surface area contributed by atoms with E-state index in [0.29, 0.717) is 12.1 Å². The number of thioether (sulfide) groups is 1. The molecule has 0 bridgehead atoms.